The highest BCUT2D eigenvalue weighted by Crippen LogP contribution is 2.34. The van der Waals surface area contributed by atoms with Crippen LogP contribution >= 0.6 is 11.3 Å². The molecule has 0 aromatic carbocycles. The maximum absolute atomic E-state index is 11.8. The van der Waals surface area contributed by atoms with Crippen molar-refractivity contribution in [1.82, 2.24) is 40.0 Å². The number of Topliss-reactive ketones (excluding diaryl/α,β-unsaturated/α-hetero) is 1. The zero-order chi connectivity index (χ0) is 24.8. The Labute approximate surface area is 210 Å². The van der Waals surface area contributed by atoms with Crippen LogP contribution in [0.1, 0.15) is 22.2 Å². The molecule has 2 N–H and O–H groups in total. The number of imidazole rings is 1. The number of hydrogen-bond acceptors (Lipinski definition) is 8. The Hall–Kier alpha value is -4.28. The summed E-state index contributed by atoms with van der Waals surface area (Å²) < 4.78 is 0. The molecule has 0 fully saturated rings. The minimum Gasteiger partial charge on any atom is -0.335 e. The molecular formula is C26H22N8OS. The SMILES string of the molecule is CC(=O)c1ccc(-c2cncc3[nH]c(-c4n[nH]c5ccc(-c6cncc(CN(C)C)c6)nc45)nc23)s1. The molecule has 6 aromatic rings. The van der Waals surface area contributed by atoms with E-state index in [1.165, 1.54) is 11.3 Å². The zero-order valence-corrected chi connectivity index (χ0v) is 20.7. The van der Waals surface area contributed by atoms with Crippen LogP contribution in [0.25, 0.3) is 55.3 Å². The third-order valence-corrected chi connectivity index (χ3v) is 7.05. The largest absolute Gasteiger partial charge is 0.335 e. The van der Waals surface area contributed by atoms with Crippen molar-refractivity contribution < 1.29 is 4.79 Å². The Bertz CT molecular complexity index is 1750. The van der Waals surface area contributed by atoms with Crippen LogP contribution in [0.4, 0.5) is 0 Å². The minimum atomic E-state index is 0.0430. The summed E-state index contributed by atoms with van der Waals surface area (Å²) in [7, 11) is 4.06. The molecule has 0 unspecified atom stereocenters. The van der Waals surface area contributed by atoms with E-state index in [4.69, 9.17) is 9.97 Å². The number of thiophene rings is 1. The summed E-state index contributed by atoms with van der Waals surface area (Å²) in [5.74, 6) is 0.638. The molecule has 0 aliphatic rings. The molecule has 178 valence electrons. The molecule has 6 heterocycles. The fraction of sp³-hybridized carbons (Fsp3) is 0.154. The highest BCUT2D eigenvalue weighted by Gasteiger charge is 2.18. The summed E-state index contributed by atoms with van der Waals surface area (Å²) in [4.78, 5) is 37.4. The Balaban J connectivity index is 1.43. The van der Waals surface area contributed by atoms with E-state index in [2.05, 4.69) is 36.1 Å². The molecule has 10 heteroatoms. The molecule has 0 saturated heterocycles. The molecule has 0 spiro atoms. The molecule has 6 aromatic heterocycles. The van der Waals surface area contributed by atoms with Crippen molar-refractivity contribution >= 4 is 39.2 Å². The Morgan fingerprint density at radius 2 is 1.83 bits per heavy atom. The number of aromatic nitrogens is 7. The lowest BCUT2D eigenvalue weighted by Crippen LogP contribution is -2.10. The smallest absolute Gasteiger partial charge is 0.169 e. The van der Waals surface area contributed by atoms with Gasteiger partial charge in [0, 0.05) is 41.1 Å². The fourth-order valence-electron chi connectivity index (χ4n) is 4.20. The predicted molar refractivity (Wildman–Crippen MR) is 141 cm³/mol. The first-order valence-electron chi connectivity index (χ1n) is 11.4. The summed E-state index contributed by atoms with van der Waals surface area (Å²) in [6.45, 7) is 2.37. The number of pyridine rings is 3. The van der Waals surface area contributed by atoms with E-state index in [1.54, 1.807) is 19.3 Å². The number of hydrogen-bond donors (Lipinski definition) is 2. The molecular weight excluding hydrogens is 472 g/mol. The number of nitrogens with zero attached hydrogens (tertiary/aromatic N) is 6. The number of carbonyl (C=O) groups is 1. The molecule has 0 bridgehead atoms. The first-order valence-corrected chi connectivity index (χ1v) is 12.2. The predicted octanol–water partition coefficient (Wildman–Crippen LogP) is 4.95. The van der Waals surface area contributed by atoms with Gasteiger partial charge < -0.3 is 9.88 Å². The van der Waals surface area contributed by atoms with Crippen LogP contribution in [0.15, 0.2) is 55.1 Å². The summed E-state index contributed by atoms with van der Waals surface area (Å²) in [5, 5.41) is 7.58. The van der Waals surface area contributed by atoms with Crippen molar-refractivity contribution in [2.45, 2.75) is 13.5 Å². The van der Waals surface area contributed by atoms with Crippen LogP contribution < -0.4 is 0 Å². The number of carbonyl (C=O) groups excluding carboxylic acids is 1. The maximum atomic E-state index is 11.8. The van der Waals surface area contributed by atoms with Crippen LogP contribution in [0.2, 0.25) is 0 Å². The molecule has 0 radical (unpaired) electrons. The molecule has 0 aliphatic carbocycles. The van der Waals surface area contributed by atoms with Gasteiger partial charge in [-0.25, -0.2) is 9.97 Å². The standard InChI is InChI=1S/C26H22N8OS/c1-14(35)21-6-7-22(36-21)17-11-28-12-20-23(17)31-26(30-20)25-24-19(32-33-25)5-4-18(29-24)16-8-15(9-27-10-16)13-34(2)3/h4-12H,13H2,1-3H3,(H,30,31)(H,32,33). The Morgan fingerprint density at radius 1 is 0.972 bits per heavy atom. The fourth-order valence-corrected chi connectivity index (χ4v) is 5.11. The third kappa shape index (κ3) is 3.96. The molecule has 0 amide bonds. The average Bonchev–Trinajstić information content (AvgIpc) is 3.60. The number of ketones is 1. The van der Waals surface area contributed by atoms with Gasteiger partial charge in [-0.3, -0.25) is 19.9 Å². The first kappa shape index (κ1) is 22.2. The number of nitrogens with one attached hydrogen (secondary N) is 2. The van der Waals surface area contributed by atoms with Gasteiger partial charge in [-0.15, -0.1) is 11.3 Å². The second kappa shape index (κ2) is 8.74. The van der Waals surface area contributed by atoms with Crippen molar-refractivity contribution in [1.29, 1.82) is 0 Å². The van der Waals surface area contributed by atoms with E-state index in [1.807, 2.05) is 50.8 Å². The van der Waals surface area contributed by atoms with Crippen molar-refractivity contribution in [2.75, 3.05) is 14.1 Å². The molecule has 36 heavy (non-hydrogen) atoms. The molecule has 0 atom stereocenters. The summed E-state index contributed by atoms with van der Waals surface area (Å²) in [6, 6.07) is 9.81. The average molecular weight is 495 g/mol. The van der Waals surface area contributed by atoms with Gasteiger partial charge in [0.2, 0.25) is 0 Å². The van der Waals surface area contributed by atoms with E-state index in [-0.39, 0.29) is 5.78 Å². The van der Waals surface area contributed by atoms with Gasteiger partial charge in [-0.2, -0.15) is 5.10 Å². The Morgan fingerprint density at radius 3 is 2.64 bits per heavy atom. The highest BCUT2D eigenvalue weighted by atomic mass is 32.1. The van der Waals surface area contributed by atoms with Gasteiger partial charge in [0.25, 0.3) is 0 Å². The minimum absolute atomic E-state index is 0.0430. The van der Waals surface area contributed by atoms with Crippen molar-refractivity contribution in [2.24, 2.45) is 0 Å². The van der Waals surface area contributed by atoms with Crippen LogP contribution in [-0.2, 0) is 6.54 Å². The van der Waals surface area contributed by atoms with Crippen molar-refractivity contribution in [3.05, 3.63) is 65.6 Å². The summed E-state index contributed by atoms with van der Waals surface area (Å²) in [6.07, 6.45) is 7.21. The topological polar surface area (TPSA) is 116 Å². The van der Waals surface area contributed by atoms with Gasteiger partial charge >= 0.3 is 0 Å². The van der Waals surface area contributed by atoms with Gasteiger partial charge in [0.15, 0.2) is 17.3 Å². The molecule has 0 aliphatic heterocycles. The lowest BCUT2D eigenvalue weighted by atomic mass is 10.1. The van der Waals surface area contributed by atoms with E-state index >= 15 is 0 Å². The van der Waals surface area contributed by atoms with Crippen LogP contribution in [0, 0.1) is 0 Å². The Kier molecular flexibility index (Phi) is 5.39. The number of rotatable bonds is 6. The van der Waals surface area contributed by atoms with E-state index < -0.39 is 0 Å². The summed E-state index contributed by atoms with van der Waals surface area (Å²) >= 11 is 1.44. The zero-order valence-electron chi connectivity index (χ0n) is 19.9. The van der Waals surface area contributed by atoms with E-state index in [0.717, 1.165) is 50.4 Å². The molecule has 0 saturated carbocycles. The quantitative estimate of drug-likeness (QED) is 0.315. The number of H-pyrrole nitrogens is 2. The number of fused-ring (bicyclic) bond motifs is 2. The van der Waals surface area contributed by atoms with Crippen molar-refractivity contribution in [3.8, 4) is 33.2 Å². The van der Waals surface area contributed by atoms with Crippen molar-refractivity contribution in [3.63, 3.8) is 0 Å². The monoisotopic (exact) mass is 494 g/mol. The third-order valence-electron chi connectivity index (χ3n) is 5.83. The maximum Gasteiger partial charge on any atom is 0.169 e. The second-order valence-corrected chi connectivity index (χ2v) is 9.96. The van der Waals surface area contributed by atoms with Crippen LogP contribution in [-0.4, -0.2) is 59.9 Å². The highest BCUT2D eigenvalue weighted by molar-refractivity contribution is 7.17. The molecule has 9 nitrogen and oxygen atoms in total. The normalized spacial score (nSPS) is 11.7. The van der Waals surface area contributed by atoms with Gasteiger partial charge in [-0.1, -0.05) is 0 Å². The van der Waals surface area contributed by atoms with Crippen LogP contribution in [0.3, 0.4) is 0 Å². The number of aromatic amines is 2. The van der Waals surface area contributed by atoms with Gasteiger partial charge in [0.1, 0.15) is 11.0 Å². The summed E-state index contributed by atoms with van der Waals surface area (Å²) in [5.41, 5.74) is 7.45. The molecule has 6 rings (SSSR count). The first-order chi connectivity index (χ1) is 17.5. The van der Waals surface area contributed by atoms with E-state index in [0.29, 0.717) is 21.9 Å². The van der Waals surface area contributed by atoms with Gasteiger partial charge in [0.05, 0.1) is 27.8 Å². The van der Waals surface area contributed by atoms with E-state index in [9.17, 15) is 4.79 Å². The lowest BCUT2D eigenvalue weighted by molar-refractivity contribution is 0.102. The van der Waals surface area contributed by atoms with Crippen LogP contribution in [0.5, 0.6) is 0 Å². The second-order valence-electron chi connectivity index (χ2n) is 8.87. The lowest BCUT2D eigenvalue weighted by Gasteiger charge is -2.10. The van der Waals surface area contributed by atoms with Gasteiger partial charge in [-0.05, 0) is 56.9 Å².